The lowest BCUT2D eigenvalue weighted by molar-refractivity contribution is 0.0563. The van der Waals surface area contributed by atoms with Gasteiger partial charge in [0.15, 0.2) is 0 Å². The Morgan fingerprint density at radius 1 is 1.35 bits per heavy atom. The number of carbonyl (C=O) groups is 1. The van der Waals surface area contributed by atoms with Crippen molar-refractivity contribution in [1.29, 1.82) is 0 Å². The van der Waals surface area contributed by atoms with Crippen LogP contribution in [0.5, 0.6) is 0 Å². The zero-order chi connectivity index (χ0) is 14.4. The van der Waals surface area contributed by atoms with Crippen LogP contribution in [0, 0.1) is 5.82 Å². The predicted octanol–water partition coefficient (Wildman–Crippen LogP) is 2.54. The van der Waals surface area contributed by atoms with Gasteiger partial charge in [0.2, 0.25) is 5.76 Å². The van der Waals surface area contributed by atoms with Crippen LogP contribution in [0.2, 0.25) is 0 Å². The quantitative estimate of drug-likeness (QED) is 0.651. The van der Waals surface area contributed by atoms with Crippen molar-refractivity contribution in [3.63, 3.8) is 0 Å². The van der Waals surface area contributed by atoms with E-state index in [1.807, 2.05) is 6.07 Å². The molecule has 0 atom stereocenters. The van der Waals surface area contributed by atoms with Gasteiger partial charge in [0.05, 0.1) is 13.7 Å². The number of furan rings is 1. The summed E-state index contributed by atoms with van der Waals surface area (Å²) in [6, 6.07) is 9.82. The zero-order valence-corrected chi connectivity index (χ0v) is 11.2. The van der Waals surface area contributed by atoms with Crippen LogP contribution in [-0.2, 0) is 17.7 Å². The monoisotopic (exact) mass is 277 g/mol. The molecule has 0 aliphatic heterocycles. The van der Waals surface area contributed by atoms with E-state index in [4.69, 9.17) is 4.42 Å². The number of ether oxygens (including phenoxy) is 1. The van der Waals surface area contributed by atoms with Crippen LogP contribution in [0.4, 0.5) is 4.39 Å². The van der Waals surface area contributed by atoms with Crippen molar-refractivity contribution in [2.24, 2.45) is 0 Å². The third-order valence-corrected chi connectivity index (χ3v) is 2.83. The van der Waals surface area contributed by atoms with Crippen molar-refractivity contribution in [2.45, 2.75) is 13.0 Å². The van der Waals surface area contributed by atoms with Crippen LogP contribution >= 0.6 is 0 Å². The van der Waals surface area contributed by atoms with Crippen LogP contribution in [-0.4, -0.2) is 19.6 Å². The van der Waals surface area contributed by atoms with Gasteiger partial charge in [-0.25, -0.2) is 9.18 Å². The van der Waals surface area contributed by atoms with Crippen molar-refractivity contribution in [2.75, 3.05) is 13.7 Å². The molecule has 4 nitrogen and oxygen atoms in total. The van der Waals surface area contributed by atoms with Crippen LogP contribution in [0.15, 0.2) is 40.8 Å². The molecule has 0 unspecified atom stereocenters. The summed E-state index contributed by atoms with van der Waals surface area (Å²) in [5, 5.41) is 3.17. The van der Waals surface area contributed by atoms with E-state index < -0.39 is 5.97 Å². The predicted molar refractivity (Wildman–Crippen MR) is 71.9 cm³/mol. The molecule has 5 heteroatoms. The molecule has 0 radical (unpaired) electrons. The SMILES string of the molecule is COC(=O)c1ccc(CNCCc2cccc(F)c2)o1. The van der Waals surface area contributed by atoms with Gasteiger partial charge in [0.1, 0.15) is 11.6 Å². The average molecular weight is 277 g/mol. The van der Waals surface area contributed by atoms with Gasteiger partial charge in [-0.2, -0.15) is 0 Å². The lowest BCUT2D eigenvalue weighted by atomic mass is 10.1. The summed E-state index contributed by atoms with van der Waals surface area (Å²) in [6.07, 6.45) is 0.725. The summed E-state index contributed by atoms with van der Waals surface area (Å²) in [5.41, 5.74) is 0.937. The van der Waals surface area contributed by atoms with E-state index in [1.165, 1.54) is 19.2 Å². The summed E-state index contributed by atoms with van der Waals surface area (Å²) >= 11 is 0. The maximum atomic E-state index is 13.0. The van der Waals surface area contributed by atoms with Crippen molar-refractivity contribution in [1.82, 2.24) is 5.32 Å². The minimum absolute atomic E-state index is 0.189. The molecule has 106 valence electrons. The maximum Gasteiger partial charge on any atom is 0.373 e. The van der Waals surface area contributed by atoms with Gasteiger partial charge in [-0.1, -0.05) is 12.1 Å². The third-order valence-electron chi connectivity index (χ3n) is 2.83. The highest BCUT2D eigenvalue weighted by Gasteiger charge is 2.10. The summed E-state index contributed by atoms with van der Waals surface area (Å²) in [7, 11) is 1.31. The number of rotatable bonds is 6. The van der Waals surface area contributed by atoms with Gasteiger partial charge in [-0.05, 0) is 42.8 Å². The minimum Gasteiger partial charge on any atom is -0.463 e. The van der Waals surface area contributed by atoms with Gasteiger partial charge in [-0.3, -0.25) is 0 Å². The molecule has 0 saturated carbocycles. The summed E-state index contributed by atoms with van der Waals surface area (Å²) < 4.78 is 22.8. The largest absolute Gasteiger partial charge is 0.463 e. The Morgan fingerprint density at radius 2 is 2.20 bits per heavy atom. The second-order valence-electron chi connectivity index (χ2n) is 4.31. The molecule has 2 aromatic rings. The number of benzene rings is 1. The molecule has 0 aliphatic carbocycles. The smallest absolute Gasteiger partial charge is 0.373 e. The van der Waals surface area contributed by atoms with E-state index in [0.717, 1.165) is 12.0 Å². The Kier molecular flexibility index (Phi) is 4.90. The van der Waals surface area contributed by atoms with Gasteiger partial charge >= 0.3 is 5.97 Å². The Morgan fingerprint density at radius 3 is 2.95 bits per heavy atom. The highest BCUT2D eigenvalue weighted by molar-refractivity contribution is 5.86. The third kappa shape index (κ3) is 3.93. The van der Waals surface area contributed by atoms with E-state index in [-0.39, 0.29) is 11.6 Å². The second-order valence-corrected chi connectivity index (χ2v) is 4.31. The van der Waals surface area contributed by atoms with E-state index in [2.05, 4.69) is 10.1 Å². The molecule has 0 fully saturated rings. The van der Waals surface area contributed by atoms with Crippen LogP contribution in [0.25, 0.3) is 0 Å². The molecule has 1 aromatic carbocycles. The molecule has 0 saturated heterocycles. The molecule has 0 aliphatic rings. The van der Waals surface area contributed by atoms with Crippen molar-refractivity contribution < 1.29 is 18.3 Å². The standard InChI is InChI=1S/C15H16FNO3/c1-19-15(18)14-6-5-13(20-14)10-17-8-7-11-3-2-4-12(16)9-11/h2-6,9,17H,7-8,10H2,1H3. The first-order valence-corrected chi connectivity index (χ1v) is 6.31. The van der Waals surface area contributed by atoms with Gasteiger partial charge < -0.3 is 14.5 Å². The molecule has 20 heavy (non-hydrogen) atoms. The Bertz CT molecular complexity index is 580. The Hall–Kier alpha value is -2.14. The maximum absolute atomic E-state index is 13.0. The fraction of sp³-hybridized carbons (Fsp3) is 0.267. The summed E-state index contributed by atoms with van der Waals surface area (Å²) in [6.45, 7) is 1.20. The number of nitrogens with one attached hydrogen (secondary N) is 1. The van der Waals surface area contributed by atoms with E-state index in [0.29, 0.717) is 18.8 Å². The molecule has 0 spiro atoms. The first-order chi connectivity index (χ1) is 9.69. The fourth-order valence-electron chi connectivity index (χ4n) is 1.82. The molecule has 1 aromatic heterocycles. The average Bonchev–Trinajstić information content (AvgIpc) is 2.92. The lowest BCUT2D eigenvalue weighted by Crippen LogP contribution is -2.16. The molecule has 0 amide bonds. The molecular weight excluding hydrogens is 261 g/mol. The van der Waals surface area contributed by atoms with Crippen molar-refractivity contribution >= 4 is 5.97 Å². The van der Waals surface area contributed by atoms with Gasteiger partial charge in [0.25, 0.3) is 0 Å². The highest BCUT2D eigenvalue weighted by atomic mass is 19.1. The van der Waals surface area contributed by atoms with Crippen LogP contribution < -0.4 is 5.32 Å². The number of hydrogen-bond donors (Lipinski definition) is 1. The first kappa shape index (κ1) is 14.3. The first-order valence-electron chi connectivity index (χ1n) is 6.31. The Balaban J connectivity index is 1.76. The topological polar surface area (TPSA) is 51.5 Å². The van der Waals surface area contributed by atoms with Crippen molar-refractivity contribution in [3.8, 4) is 0 Å². The van der Waals surface area contributed by atoms with E-state index >= 15 is 0 Å². The minimum atomic E-state index is -0.490. The van der Waals surface area contributed by atoms with E-state index in [9.17, 15) is 9.18 Å². The van der Waals surface area contributed by atoms with Gasteiger partial charge in [0, 0.05) is 0 Å². The van der Waals surface area contributed by atoms with Gasteiger partial charge in [-0.15, -0.1) is 0 Å². The zero-order valence-electron chi connectivity index (χ0n) is 11.2. The fourth-order valence-corrected chi connectivity index (χ4v) is 1.82. The van der Waals surface area contributed by atoms with Crippen LogP contribution in [0.3, 0.4) is 0 Å². The molecular formula is C15H16FNO3. The molecule has 1 heterocycles. The normalized spacial score (nSPS) is 10.5. The molecule has 2 rings (SSSR count). The summed E-state index contributed by atoms with van der Waals surface area (Å²) in [4.78, 5) is 11.2. The lowest BCUT2D eigenvalue weighted by Gasteiger charge is -2.03. The number of esters is 1. The number of hydrogen-bond acceptors (Lipinski definition) is 4. The van der Waals surface area contributed by atoms with E-state index in [1.54, 1.807) is 18.2 Å². The molecule has 1 N–H and O–H groups in total. The number of halogens is 1. The Labute approximate surface area is 116 Å². The number of carbonyl (C=O) groups excluding carboxylic acids is 1. The summed E-state index contributed by atoms with van der Waals surface area (Å²) in [5.74, 6) is 0.131. The number of methoxy groups -OCH3 is 1. The molecule has 0 bridgehead atoms. The highest BCUT2D eigenvalue weighted by Crippen LogP contribution is 2.09. The van der Waals surface area contributed by atoms with Crippen molar-refractivity contribution in [3.05, 3.63) is 59.3 Å². The van der Waals surface area contributed by atoms with Crippen LogP contribution in [0.1, 0.15) is 21.9 Å². The second kappa shape index (κ2) is 6.86.